The lowest BCUT2D eigenvalue weighted by Crippen LogP contribution is -2.34. The van der Waals surface area contributed by atoms with E-state index in [1.807, 2.05) is 36.4 Å². The molecule has 4 rings (SSSR count). The lowest BCUT2D eigenvalue weighted by Gasteiger charge is -2.27. The van der Waals surface area contributed by atoms with Crippen molar-refractivity contribution in [3.8, 4) is 0 Å². The second-order valence-electron chi connectivity index (χ2n) is 7.75. The summed E-state index contributed by atoms with van der Waals surface area (Å²) in [6, 6.07) is 10.6. The first-order valence-corrected chi connectivity index (χ1v) is 11.3. The van der Waals surface area contributed by atoms with Gasteiger partial charge in [-0.3, -0.25) is 9.78 Å². The van der Waals surface area contributed by atoms with Gasteiger partial charge >= 0.3 is 0 Å². The number of pyridine rings is 1. The van der Waals surface area contributed by atoms with Gasteiger partial charge in [0.15, 0.2) is 5.13 Å². The number of benzene rings is 1. The summed E-state index contributed by atoms with van der Waals surface area (Å²) in [5, 5.41) is 6.07. The number of aromatic nitrogens is 2. The van der Waals surface area contributed by atoms with Gasteiger partial charge in [0.25, 0.3) is 0 Å². The van der Waals surface area contributed by atoms with Gasteiger partial charge in [0.2, 0.25) is 5.91 Å². The van der Waals surface area contributed by atoms with Crippen LogP contribution < -0.4 is 10.2 Å². The van der Waals surface area contributed by atoms with Gasteiger partial charge in [-0.25, -0.2) is 9.37 Å². The lowest BCUT2D eigenvalue weighted by molar-refractivity contribution is -0.132. The minimum atomic E-state index is -0.277. The Morgan fingerprint density at radius 1 is 1.35 bits per heavy atom. The highest BCUT2D eigenvalue weighted by Gasteiger charge is 2.31. The molecule has 0 spiro atoms. The molecule has 0 bridgehead atoms. The topological polar surface area (TPSA) is 61.4 Å². The number of rotatable bonds is 7. The number of para-hydroxylation sites is 1. The van der Waals surface area contributed by atoms with Crippen molar-refractivity contribution in [2.45, 2.75) is 32.2 Å². The molecule has 0 saturated carbocycles. The zero-order valence-electron chi connectivity index (χ0n) is 17.7. The Bertz CT molecular complexity index is 1040. The van der Waals surface area contributed by atoms with E-state index in [1.165, 1.54) is 17.4 Å². The number of amides is 1. The number of halogens is 1. The van der Waals surface area contributed by atoms with Gasteiger partial charge < -0.3 is 15.1 Å². The maximum Gasteiger partial charge on any atom is 0.224 e. The van der Waals surface area contributed by atoms with Crippen LogP contribution in [0.2, 0.25) is 0 Å². The van der Waals surface area contributed by atoms with E-state index in [2.05, 4.69) is 10.3 Å². The molecule has 31 heavy (non-hydrogen) atoms. The van der Waals surface area contributed by atoms with Crippen molar-refractivity contribution in [3.63, 3.8) is 0 Å². The van der Waals surface area contributed by atoms with Crippen LogP contribution in [-0.2, 0) is 4.79 Å². The SMILES string of the molecule is Cc1cc(Nc2nccs2)cc([C@@H]2CCCN2C(=O)CCN(C)c2ccccc2F)n1. The first kappa shape index (κ1) is 21.2. The van der Waals surface area contributed by atoms with Crippen molar-refractivity contribution in [2.75, 3.05) is 30.4 Å². The van der Waals surface area contributed by atoms with Crippen molar-refractivity contribution >= 4 is 33.8 Å². The summed E-state index contributed by atoms with van der Waals surface area (Å²) in [6.07, 6.45) is 3.93. The van der Waals surface area contributed by atoms with Gasteiger partial charge in [-0.1, -0.05) is 12.1 Å². The predicted octanol–water partition coefficient (Wildman–Crippen LogP) is 4.92. The van der Waals surface area contributed by atoms with Crippen LogP contribution in [-0.4, -0.2) is 40.9 Å². The molecule has 1 amide bonds. The summed E-state index contributed by atoms with van der Waals surface area (Å²) >= 11 is 1.54. The third-order valence-corrected chi connectivity index (χ3v) is 6.18. The molecule has 1 fully saturated rings. The molecule has 1 atom stereocenters. The van der Waals surface area contributed by atoms with Crippen molar-refractivity contribution in [1.82, 2.24) is 14.9 Å². The third-order valence-electron chi connectivity index (χ3n) is 5.50. The number of nitrogens with one attached hydrogen (secondary N) is 1. The summed E-state index contributed by atoms with van der Waals surface area (Å²) in [6.45, 7) is 3.14. The number of carbonyl (C=O) groups excluding carboxylic acids is 1. The maximum absolute atomic E-state index is 14.0. The third kappa shape index (κ3) is 5.02. The van der Waals surface area contributed by atoms with Crippen LogP contribution in [0.3, 0.4) is 0 Å². The molecule has 1 aromatic carbocycles. The fraction of sp³-hybridized carbons (Fsp3) is 0.348. The van der Waals surface area contributed by atoms with Gasteiger partial charge in [-0.15, -0.1) is 11.3 Å². The monoisotopic (exact) mass is 439 g/mol. The molecule has 6 nitrogen and oxygen atoms in total. The van der Waals surface area contributed by atoms with Crippen molar-refractivity contribution in [2.24, 2.45) is 0 Å². The second kappa shape index (κ2) is 9.43. The van der Waals surface area contributed by atoms with E-state index in [4.69, 9.17) is 4.98 Å². The van der Waals surface area contributed by atoms with Crippen molar-refractivity contribution in [1.29, 1.82) is 0 Å². The molecule has 1 N–H and O–H groups in total. The fourth-order valence-electron chi connectivity index (χ4n) is 4.01. The van der Waals surface area contributed by atoms with Crippen LogP contribution in [0.4, 0.5) is 20.9 Å². The molecular formula is C23H26FN5OS. The minimum absolute atomic E-state index is 0.0389. The molecule has 0 aliphatic carbocycles. The first-order valence-electron chi connectivity index (χ1n) is 10.4. The molecule has 0 radical (unpaired) electrons. The van der Waals surface area contributed by atoms with Crippen LogP contribution in [0, 0.1) is 12.7 Å². The van der Waals surface area contributed by atoms with Crippen LogP contribution >= 0.6 is 11.3 Å². The summed E-state index contributed by atoms with van der Waals surface area (Å²) in [5.74, 6) is -0.204. The average molecular weight is 440 g/mol. The van der Waals surface area contributed by atoms with Crippen LogP contribution in [0.25, 0.3) is 0 Å². The number of likely N-dealkylation sites (tertiary alicyclic amines) is 1. The van der Waals surface area contributed by atoms with E-state index in [-0.39, 0.29) is 17.8 Å². The Kier molecular flexibility index (Phi) is 6.46. The molecule has 1 saturated heterocycles. The largest absolute Gasteiger partial charge is 0.372 e. The second-order valence-corrected chi connectivity index (χ2v) is 8.65. The molecule has 3 aromatic rings. The number of hydrogen-bond donors (Lipinski definition) is 1. The number of nitrogens with zero attached hydrogens (tertiary/aromatic N) is 4. The van der Waals surface area contributed by atoms with E-state index in [0.717, 1.165) is 41.6 Å². The number of hydrogen-bond acceptors (Lipinski definition) is 6. The quantitative estimate of drug-likeness (QED) is 0.566. The van der Waals surface area contributed by atoms with Gasteiger partial charge in [0.05, 0.1) is 17.4 Å². The van der Waals surface area contributed by atoms with Crippen molar-refractivity contribution < 1.29 is 9.18 Å². The minimum Gasteiger partial charge on any atom is -0.372 e. The molecule has 162 valence electrons. The van der Waals surface area contributed by atoms with Crippen molar-refractivity contribution in [3.05, 3.63) is 65.2 Å². The smallest absolute Gasteiger partial charge is 0.224 e. The predicted molar refractivity (Wildman–Crippen MR) is 122 cm³/mol. The standard InChI is InChI=1S/C23H26FN5OS/c1-16-14-17(27-23-25-10-13-31-23)15-19(26-16)21-8-5-11-29(21)22(30)9-12-28(2)20-7-4-3-6-18(20)24/h3-4,6-7,10,13-15,21H,5,8-9,11-12H2,1-2H3,(H,25,26,27)/t21-/m0/s1. The highest BCUT2D eigenvalue weighted by Crippen LogP contribution is 2.33. The molecular weight excluding hydrogens is 413 g/mol. The molecule has 1 aliphatic heterocycles. The Morgan fingerprint density at radius 2 is 2.19 bits per heavy atom. The fourth-order valence-corrected chi connectivity index (χ4v) is 4.56. The molecule has 3 heterocycles. The molecule has 0 unspecified atom stereocenters. The van der Waals surface area contributed by atoms with E-state index in [0.29, 0.717) is 18.7 Å². The molecule has 2 aromatic heterocycles. The lowest BCUT2D eigenvalue weighted by atomic mass is 10.1. The number of anilines is 3. The van der Waals surface area contributed by atoms with Gasteiger partial charge in [0.1, 0.15) is 5.82 Å². The molecule has 8 heteroatoms. The zero-order chi connectivity index (χ0) is 21.8. The summed E-state index contributed by atoms with van der Waals surface area (Å²) in [4.78, 5) is 25.7. The van der Waals surface area contributed by atoms with E-state index < -0.39 is 0 Å². The zero-order valence-corrected chi connectivity index (χ0v) is 18.5. The van der Waals surface area contributed by atoms with Gasteiger partial charge in [-0.2, -0.15) is 0 Å². The number of thiazole rings is 1. The first-order chi connectivity index (χ1) is 15.0. The maximum atomic E-state index is 14.0. The van der Waals surface area contributed by atoms with Gasteiger partial charge in [-0.05, 0) is 44.0 Å². The van der Waals surface area contributed by atoms with Gasteiger partial charge in [0, 0.05) is 49.5 Å². The summed E-state index contributed by atoms with van der Waals surface area (Å²) < 4.78 is 14.0. The van der Waals surface area contributed by atoms with E-state index in [1.54, 1.807) is 29.3 Å². The molecule has 1 aliphatic rings. The Balaban J connectivity index is 1.44. The average Bonchev–Trinajstić information content (AvgIpc) is 3.44. The van der Waals surface area contributed by atoms with Crippen LogP contribution in [0.1, 0.15) is 36.7 Å². The highest BCUT2D eigenvalue weighted by molar-refractivity contribution is 7.13. The van der Waals surface area contributed by atoms with Crippen LogP contribution in [0.5, 0.6) is 0 Å². The Morgan fingerprint density at radius 3 is 2.97 bits per heavy atom. The van der Waals surface area contributed by atoms with Crippen LogP contribution in [0.15, 0.2) is 48.0 Å². The summed E-state index contributed by atoms with van der Waals surface area (Å²) in [7, 11) is 1.81. The van der Waals surface area contributed by atoms with E-state index in [9.17, 15) is 9.18 Å². The highest BCUT2D eigenvalue weighted by atomic mass is 32.1. The summed E-state index contributed by atoms with van der Waals surface area (Å²) in [5.41, 5.74) is 3.23. The Labute approximate surface area is 185 Å². The normalized spacial score (nSPS) is 15.8. The number of carbonyl (C=O) groups is 1. The number of aryl methyl sites for hydroxylation is 1. The van der Waals surface area contributed by atoms with E-state index >= 15 is 0 Å². The Hall–Kier alpha value is -3.00.